The first-order valence-corrected chi connectivity index (χ1v) is 13.4. The molecule has 0 saturated heterocycles. The van der Waals surface area contributed by atoms with E-state index < -0.39 is 71.2 Å². The summed E-state index contributed by atoms with van der Waals surface area (Å²) in [4.78, 5) is 46.7. The Morgan fingerprint density at radius 2 is 1.05 bits per heavy atom. The van der Waals surface area contributed by atoms with E-state index >= 15 is 0 Å². The zero-order chi connectivity index (χ0) is 32.7. The van der Waals surface area contributed by atoms with Crippen LogP contribution < -0.4 is 21.3 Å². The number of methoxy groups -OCH3 is 2. The Labute approximate surface area is 247 Å². The Bertz CT molecular complexity index is 1210. The Morgan fingerprint density at radius 3 is 1.42 bits per heavy atom. The number of hydrogen-bond donors (Lipinski definition) is 4. The van der Waals surface area contributed by atoms with Crippen LogP contribution in [-0.2, 0) is 28.7 Å². The molecule has 0 bridgehead atoms. The molecular formula is C29H38F4N4O6. The third-order valence-electron chi connectivity index (χ3n) is 5.84. The summed E-state index contributed by atoms with van der Waals surface area (Å²) in [6.07, 6.45) is 2.10. The van der Waals surface area contributed by atoms with E-state index in [0.717, 1.165) is 49.2 Å². The molecule has 0 aliphatic carbocycles. The van der Waals surface area contributed by atoms with Crippen molar-refractivity contribution in [1.82, 2.24) is 10.6 Å². The highest BCUT2D eigenvalue weighted by atomic mass is 19.1. The second kappa shape index (κ2) is 18.2. The number of benzene rings is 2. The van der Waals surface area contributed by atoms with E-state index in [0.29, 0.717) is 6.42 Å². The Morgan fingerprint density at radius 1 is 0.651 bits per heavy atom. The van der Waals surface area contributed by atoms with Gasteiger partial charge in [0, 0.05) is 23.5 Å². The van der Waals surface area contributed by atoms with Gasteiger partial charge in [0.1, 0.15) is 47.4 Å². The van der Waals surface area contributed by atoms with Crippen LogP contribution in [0.15, 0.2) is 36.4 Å². The smallest absolute Gasteiger partial charge is 0.328 e. The molecule has 2 amide bonds. The van der Waals surface area contributed by atoms with Gasteiger partial charge < -0.3 is 30.7 Å². The maximum absolute atomic E-state index is 13.1. The summed E-state index contributed by atoms with van der Waals surface area (Å²) in [6.45, 7) is 6.48. The van der Waals surface area contributed by atoms with Crippen LogP contribution in [-0.4, -0.2) is 62.1 Å². The number of esters is 2. The zero-order valence-corrected chi connectivity index (χ0v) is 24.9. The number of carbonyl (C=O) groups is 4. The summed E-state index contributed by atoms with van der Waals surface area (Å²) in [6, 6.07) is 2.69. The summed E-state index contributed by atoms with van der Waals surface area (Å²) in [5.74, 6) is -5.02. The number of rotatable bonds is 13. The predicted molar refractivity (Wildman–Crippen MR) is 152 cm³/mol. The zero-order valence-electron chi connectivity index (χ0n) is 24.9. The molecule has 2 rings (SSSR count). The third kappa shape index (κ3) is 13.4. The molecule has 4 atom stereocenters. The van der Waals surface area contributed by atoms with Crippen molar-refractivity contribution in [3.05, 3.63) is 59.7 Å². The van der Waals surface area contributed by atoms with Crippen LogP contribution in [0.1, 0.15) is 47.0 Å². The van der Waals surface area contributed by atoms with Crippen molar-refractivity contribution >= 4 is 35.1 Å². The first-order chi connectivity index (χ1) is 20.2. The quantitative estimate of drug-likeness (QED) is 0.196. The van der Waals surface area contributed by atoms with Crippen LogP contribution in [0.4, 0.5) is 28.9 Å². The van der Waals surface area contributed by atoms with Gasteiger partial charge in [0.2, 0.25) is 11.8 Å². The Balaban J connectivity index is 0.000000434. The van der Waals surface area contributed by atoms with Crippen molar-refractivity contribution < 1.29 is 46.2 Å². The van der Waals surface area contributed by atoms with Gasteiger partial charge in [-0.3, -0.25) is 9.59 Å². The van der Waals surface area contributed by atoms with E-state index in [1.165, 1.54) is 35.0 Å². The van der Waals surface area contributed by atoms with Crippen LogP contribution >= 0.6 is 0 Å². The molecule has 14 heteroatoms. The minimum absolute atomic E-state index is 0.135. The van der Waals surface area contributed by atoms with Crippen molar-refractivity contribution in [2.24, 2.45) is 0 Å². The minimum atomic E-state index is -0.805. The maximum atomic E-state index is 13.1. The second-order valence-electron chi connectivity index (χ2n) is 9.53. The molecule has 0 saturated carbocycles. The van der Waals surface area contributed by atoms with Gasteiger partial charge >= 0.3 is 11.9 Å². The highest BCUT2D eigenvalue weighted by molar-refractivity contribution is 5.89. The highest BCUT2D eigenvalue weighted by Gasteiger charge is 2.24. The van der Waals surface area contributed by atoms with Gasteiger partial charge in [-0.05, 0) is 51.5 Å². The molecule has 0 radical (unpaired) electrons. The molecule has 0 spiro atoms. The Hall–Kier alpha value is -4.36. The third-order valence-corrected chi connectivity index (χ3v) is 5.84. The molecule has 0 aromatic heterocycles. The monoisotopic (exact) mass is 614 g/mol. The second-order valence-corrected chi connectivity index (χ2v) is 9.53. The summed E-state index contributed by atoms with van der Waals surface area (Å²) >= 11 is 0. The average molecular weight is 615 g/mol. The number of nitrogens with one attached hydrogen (secondary N) is 4. The molecule has 43 heavy (non-hydrogen) atoms. The predicted octanol–water partition coefficient (Wildman–Crippen LogP) is 4.06. The van der Waals surface area contributed by atoms with E-state index in [2.05, 4.69) is 30.7 Å². The van der Waals surface area contributed by atoms with Crippen molar-refractivity contribution in [3.63, 3.8) is 0 Å². The lowest BCUT2D eigenvalue weighted by Crippen LogP contribution is -2.47. The van der Waals surface area contributed by atoms with Crippen molar-refractivity contribution in [2.75, 3.05) is 24.9 Å². The van der Waals surface area contributed by atoms with Crippen LogP contribution in [0.5, 0.6) is 0 Å². The molecule has 238 valence electrons. The number of hydrogen-bond acceptors (Lipinski definition) is 8. The summed E-state index contributed by atoms with van der Waals surface area (Å²) < 4.78 is 61.4. The number of unbranched alkanes of at least 4 members (excludes halogenated alkanes) is 1. The molecule has 2 aromatic carbocycles. The molecule has 0 fully saturated rings. The summed E-state index contributed by atoms with van der Waals surface area (Å²) in [5, 5.41) is 10.3. The van der Waals surface area contributed by atoms with E-state index in [4.69, 9.17) is 0 Å². The van der Waals surface area contributed by atoms with Crippen LogP contribution in [0.3, 0.4) is 0 Å². The summed E-state index contributed by atoms with van der Waals surface area (Å²) in [5.41, 5.74) is 0.282. The lowest BCUT2D eigenvalue weighted by Gasteiger charge is -2.20. The number of halogens is 4. The fourth-order valence-corrected chi connectivity index (χ4v) is 3.58. The average Bonchev–Trinajstić information content (AvgIpc) is 2.93. The maximum Gasteiger partial charge on any atom is 0.328 e. The highest BCUT2D eigenvalue weighted by Crippen LogP contribution is 2.15. The van der Waals surface area contributed by atoms with Crippen LogP contribution in [0.2, 0.25) is 0 Å². The van der Waals surface area contributed by atoms with E-state index in [1.807, 2.05) is 6.92 Å². The van der Waals surface area contributed by atoms with Gasteiger partial charge in [-0.25, -0.2) is 27.2 Å². The molecule has 0 heterocycles. The lowest BCUT2D eigenvalue weighted by molar-refractivity contribution is -0.145. The van der Waals surface area contributed by atoms with Crippen molar-refractivity contribution in [2.45, 2.75) is 71.1 Å². The topological polar surface area (TPSA) is 135 Å². The molecule has 0 aliphatic heterocycles. The Kier molecular flexibility index (Phi) is 15.5. The molecule has 4 N–H and O–H groups in total. The number of ether oxygens (including phenoxy) is 2. The van der Waals surface area contributed by atoms with Gasteiger partial charge in [0.15, 0.2) is 0 Å². The van der Waals surface area contributed by atoms with Crippen molar-refractivity contribution in [3.8, 4) is 0 Å². The molecule has 1 unspecified atom stereocenters. The summed E-state index contributed by atoms with van der Waals surface area (Å²) in [7, 11) is 2.47. The van der Waals surface area contributed by atoms with E-state index in [-0.39, 0.29) is 11.4 Å². The van der Waals surface area contributed by atoms with Crippen LogP contribution in [0.25, 0.3) is 0 Å². The molecule has 2 aromatic rings. The van der Waals surface area contributed by atoms with Crippen LogP contribution in [0, 0.1) is 23.3 Å². The number of amides is 2. The number of anilines is 2. The normalized spacial score (nSPS) is 13.2. The van der Waals surface area contributed by atoms with Gasteiger partial charge in [-0.1, -0.05) is 19.8 Å². The fraction of sp³-hybridized carbons (Fsp3) is 0.448. The molecule has 0 aliphatic rings. The largest absolute Gasteiger partial charge is 0.467 e. The SMILES string of the molecule is CCCCC(NC(=O)[C@H](C)Nc1cc(F)cc(F)c1)C(=O)OC.COC(=O)[C@H](C)NC(=O)[C@H](C)Nc1cc(F)cc(F)c1. The number of carbonyl (C=O) groups excluding carboxylic acids is 4. The lowest BCUT2D eigenvalue weighted by atomic mass is 10.1. The van der Waals surface area contributed by atoms with Gasteiger partial charge in [0.05, 0.1) is 14.2 Å². The molecular weight excluding hydrogens is 576 g/mol. The standard InChI is InChI=1S/C16H22F2N2O3.C13H16F2N2O3/c1-4-5-6-14(16(22)23-3)20-15(21)10(2)19-13-8-11(17)7-12(18)9-13;1-7(12(18)17-8(2)13(19)20-3)16-11-5-9(14)4-10(15)6-11/h7-10,14,19H,4-6H2,1-3H3,(H,20,21);4-8,16H,1-3H3,(H,17,18)/t10-,14?;7-,8-/m00/s1. The molecule has 10 nitrogen and oxygen atoms in total. The van der Waals surface area contributed by atoms with E-state index in [1.54, 1.807) is 0 Å². The fourth-order valence-electron chi connectivity index (χ4n) is 3.58. The first kappa shape index (κ1) is 36.7. The van der Waals surface area contributed by atoms with E-state index in [9.17, 15) is 36.7 Å². The van der Waals surface area contributed by atoms with Gasteiger partial charge in [-0.15, -0.1) is 0 Å². The first-order valence-electron chi connectivity index (χ1n) is 13.4. The van der Waals surface area contributed by atoms with Gasteiger partial charge in [-0.2, -0.15) is 0 Å². The van der Waals surface area contributed by atoms with Gasteiger partial charge in [0.25, 0.3) is 0 Å². The van der Waals surface area contributed by atoms with Crippen molar-refractivity contribution in [1.29, 1.82) is 0 Å². The minimum Gasteiger partial charge on any atom is -0.467 e.